The second kappa shape index (κ2) is 7.48. The van der Waals surface area contributed by atoms with E-state index in [0.29, 0.717) is 6.04 Å². The van der Waals surface area contributed by atoms with E-state index in [1.165, 1.54) is 5.56 Å². The normalized spacial score (nSPS) is 11.9. The van der Waals surface area contributed by atoms with Crippen molar-refractivity contribution in [2.45, 2.75) is 32.7 Å². The maximum atomic E-state index is 4.51. The first kappa shape index (κ1) is 14.3. The Balaban J connectivity index is 1.92. The first-order valence-corrected chi connectivity index (χ1v) is 7.14. The molecule has 0 radical (unpaired) electrons. The number of benzene rings is 1. The van der Waals surface area contributed by atoms with Crippen molar-refractivity contribution in [1.82, 2.24) is 9.97 Å². The van der Waals surface area contributed by atoms with Gasteiger partial charge in [0.1, 0.15) is 11.6 Å². The molecule has 1 aromatic carbocycles. The van der Waals surface area contributed by atoms with E-state index in [2.05, 4.69) is 58.7 Å². The van der Waals surface area contributed by atoms with Gasteiger partial charge in [0.05, 0.1) is 12.4 Å². The number of nitrogens with one attached hydrogen (secondary N) is 2. The number of anilines is 2. The number of hydrogen-bond donors (Lipinski definition) is 2. The van der Waals surface area contributed by atoms with Gasteiger partial charge in [-0.15, -0.1) is 0 Å². The van der Waals surface area contributed by atoms with Crippen LogP contribution in [0.25, 0.3) is 0 Å². The molecule has 20 heavy (non-hydrogen) atoms. The second-order valence-electron chi connectivity index (χ2n) is 4.95. The Bertz CT molecular complexity index is 513. The SMILES string of the molecule is CCCNc1cncc(NC(C)Cc2ccccc2)n1. The zero-order valence-corrected chi connectivity index (χ0v) is 12.1. The molecule has 0 saturated carbocycles. The van der Waals surface area contributed by atoms with Gasteiger partial charge in [-0.1, -0.05) is 37.3 Å². The van der Waals surface area contributed by atoms with E-state index in [1.807, 2.05) is 6.07 Å². The smallest absolute Gasteiger partial charge is 0.147 e. The fourth-order valence-electron chi connectivity index (χ4n) is 2.04. The van der Waals surface area contributed by atoms with Gasteiger partial charge in [-0.25, -0.2) is 4.98 Å². The van der Waals surface area contributed by atoms with Crippen LogP contribution < -0.4 is 10.6 Å². The summed E-state index contributed by atoms with van der Waals surface area (Å²) in [4.78, 5) is 8.72. The number of rotatable bonds is 7. The van der Waals surface area contributed by atoms with Crippen molar-refractivity contribution in [1.29, 1.82) is 0 Å². The van der Waals surface area contributed by atoms with Crippen molar-refractivity contribution < 1.29 is 0 Å². The molecule has 2 aromatic rings. The van der Waals surface area contributed by atoms with E-state index in [9.17, 15) is 0 Å². The highest BCUT2D eigenvalue weighted by Crippen LogP contribution is 2.10. The molecule has 4 heteroatoms. The van der Waals surface area contributed by atoms with E-state index in [4.69, 9.17) is 0 Å². The van der Waals surface area contributed by atoms with Crippen LogP contribution in [0.15, 0.2) is 42.7 Å². The van der Waals surface area contributed by atoms with E-state index >= 15 is 0 Å². The average Bonchev–Trinajstić information content (AvgIpc) is 2.46. The highest BCUT2D eigenvalue weighted by molar-refractivity contribution is 5.42. The summed E-state index contributed by atoms with van der Waals surface area (Å²) >= 11 is 0. The summed E-state index contributed by atoms with van der Waals surface area (Å²) < 4.78 is 0. The van der Waals surface area contributed by atoms with Crippen LogP contribution in [0.1, 0.15) is 25.8 Å². The van der Waals surface area contributed by atoms with Crippen LogP contribution in [0, 0.1) is 0 Å². The minimum atomic E-state index is 0.313. The minimum Gasteiger partial charge on any atom is -0.369 e. The summed E-state index contributed by atoms with van der Waals surface area (Å²) in [6.07, 6.45) is 5.56. The molecule has 0 aliphatic rings. The Kier molecular flexibility index (Phi) is 5.35. The van der Waals surface area contributed by atoms with E-state index in [1.54, 1.807) is 12.4 Å². The second-order valence-corrected chi connectivity index (χ2v) is 4.95. The molecule has 0 fully saturated rings. The maximum Gasteiger partial charge on any atom is 0.147 e. The molecule has 0 bridgehead atoms. The van der Waals surface area contributed by atoms with Crippen molar-refractivity contribution in [3.63, 3.8) is 0 Å². The van der Waals surface area contributed by atoms with Gasteiger partial charge >= 0.3 is 0 Å². The molecule has 0 amide bonds. The van der Waals surface area contributed by atoms with Crippen LogP contribution in [-0.4, -0.2) is 22.6 Å². The van der Waals surface area contributed by atoms with Crippen LogP contribution in [0.5, 0.6) is 0 Å². The molecular formula is C16H22N4. The number of nitrogens with zero attached hydrogens (tertiary/aromatic N) is 2. The largest absolute Gasteiger partial charge is 0.369 e. The molecule has 0 aliphatic carbocycles. The molecule has 1 heterocycles. The quantitative estimate of drug-likeness (QED) is 0.810. The lowest BCUT2D eigenvalue weighted by molar-refractivity contribution is 0.783. The molecular weight excluding hydrogens is 248 g/mol. The molecule has 0 spiro atoms. The first-order chi connectivity index (χ1) is 9.78. The zero-order valence-electron chi connectivity index (χ0n) is 12.1. The molecule has 2 N–H and O–H groups in total. The van der Waals surface area contributed by atoms with Crippen LogP contribution in [-0.2, 0) is 6.42 Å². The third-order valence-electron chi connectivity index (χ3n) is 2.97. The van der Waals surface area contributed by atoms with Crippen molar-refractivity contribution >= 4 is 11.6 Å². The molecule has 2 rings (SSSR count). The summed E-state index contributed by atoms with van der Waals surface area (Å²) in [5.74, 6) is 1.64. The Morgan fingerprint density at radius 1 is 1.10 bits per heavy atom. The summed E-state index contributed by atoms with van der Waals surface area (Å²) in [5.41, 5.74) is 1.32. The van der Waals surface area contributed by atoms with Crippen molar-refractivity contribution in [2.24, 2.45) is 0 Å². The third kappa shape index (κ3) is 4.53. The monoisotopic (exact) mass is 270 g/mol. The van der Waals surface area contributed by atoms with Crippen LogP contribution in [0.2, 0.25) is 0 Å². The zero-order chi connectivity index (χ0) is 14.2. The lowest BCUT2D eigenvalue weighted by Gasteiger charge is -2.15. The van der Waals surface area contributed by atoms with Gasteiger partial charge in [0.25, 0.3) is 0 Å². The maximum absolute atomic E-state index is 4.51. The predicted octanol–water partition coefficient (Wildman–Crippen LogP) is 3.34. The van der Waals surface area contributed by atoms with Crippen LogP contribution in [0.4, 0.5) is 11.6 Å². The van der Waals surface area contributed by atoms with Crippen LogP contribution >= 0.6 is 0 Å². The molecule has 4 nitrogen and oxygen atoms in total. The van der Waals surface area contributed by atoms with Crippen LogP contribution in [0.3, 0.4) is 0 Å². The fourth-order valence-corrected chi connectivity index (χ4v) is 2.04. The van der Waals surface area contributed by atoms with E-state index < -0.39 is 0 Å². The average molecular weight is 270 g/mol. The molecule has 106 valence electrons. The Labute approximate surface area is 120 Å². The van der Waals surface area contributed by atoms with Gasteiger partial charge in [0, 0.05) is 12.6 Å². The fraction of sp³-hybridized carbons (Fsp3) is 0.375. The summed E-state index contributed by atoms with van der Waals surface area (Å²) in [5, 5.41) is 6.64. The molecule has 1 unspecified atom stereocenters. The lowest BCUT2D eigenvalue weighted by Crippen LogP contribution is -2.19. The van der Waals surface area contributed by atoms with Gasteiger partial charge in [0.15, 0.2) is 0 Å². The van der Waals surface area contributed by atoms with Gasteiger partial charge < -0.3 is 10.6 Å². The Morgan fingerprint density at radius 2 is 1.85 bits per heavy atom. The van der Waals surface area contributed by atoms with E-state index in [0.717, 1.165) is 31.0 Å². The molecule has 1 atom stereocenters. The van der Waals surface area contributed by atoms with Crippen molar-refractivity contribution in [2.75, 3.05) is 17.2 Å². The summed E-state index contributed by atoms with van der Waals surface area (Å²) in [6.45, 7) is 5.20. The molecule has 1 aromatic heterocycles. The predicted molar refractivity (Wildman–Crippen MR) is 84.0 cm³/mol. The lowest BCUT2D eigenvalue weighted by atomic mass is 10.1. The number of aromatic nitrogens is 2. The van der Waals surface area contributed by atoms with E-state index in [-0.39, 0.29) is 0 Å². The van der Waals surface area contributed by atoms with Gasteiger partial charge in [0.2, 0.25) is 0 Å². The third-order valence-corrected chi connectivity index (χ3v) is 2.97. The highest BCUT2D eigenvalue weighted by Gasteiger charge is 2.05. The standard InChI is InChI=1S/C16H22N4/c1-3-9-18-15-11-17-12-16(20-15)19-13(2)10-14-7-5-4-6-8-14/h4-8,11-13H,3,9-10H2,1-2H3,(H2,18,19,20). The van der Waals surface area contributed by atoms with Gasteiger partial charge in [-0.2, -0.15) is 0 Å². The summed E-state index contributed by atoms with van der Waals surface area (Å²) in [7, 11) is 0. The molecule has 0 aliphatic heterocycles. The first-order valence-electron chi connectivity index (χ1n) is 7.14. The van der Waals surface area contributed by atoms with Gasteiger partial charge in [-0.05, 0) is 25.3 Å². The number of hydrogen-bond acceptors (Lipinski definition) is 4. The van der Waals surface area contributed by atoms with Gasteiger partial charge in [-0.3, -0.25) is 4.98 Å². The Morgan fingerprint density at radius 3 is 2.60 bits per heavy atom. The minimum absolute atomic E-state index is 0.313. The van der Waals surface area contributed by atoms with Crippen molar-refractivity contribution in [3.8, 4) is 0 Å². The highest BCUT2D eigenvalue weighted by atomic mass is 15.1. The molecule has 0 saturated heterocycles. The Hall–Kier alpha value is -2.10. The summed E-state index contributed by atoms with van der Waals surface area (Å²) in [6, 6.07) is 10.8. The van der Waals surface area contributed by atoms with Crippen molar-refractivity contribution in [3.05, 3.63) is 48.3 Å². The topological polar surface area (TPSA) is 49.8 Å².